The molecular formula is C20H21Cl2N3O3. The van der Waals surface area contributed by atoms with Crippen molar-refractivity contribution in [1.29, 1.82) is 0 Å². The SMILES string of the molecule is O=C(c1ccnc(OC2CCOC2)c1)N1CCN(c2cccc(Cl)c2Cl)CC1. The number of piperazine rings is 1. The highest BCUT2D eigenvalue weighted by Crippen LogP contribution is 2.33. The third kappa shape index (κ3) is 4.19. The van der Waals surface area contributed by atoms with E-state index in [2.05, 4.69) is 9.88 Å². The molecule has 0 bridgehead atoms. The predicted molar refractivity (Wildman–Crippen MR) is 109 cm³/mol. The zero-order valence-corrected chi connectivity index (χ0v) is 16.8. The van der Waals surface area contributed by atoms with Gasteiger partial charge in [0.05, 0.1) is 28.9 Å². The lowest BCUT2D eigenvalue weighted by atomic mass is 10.2. The number of hydrogen-bond donors (Lipinski definition) is 0. The molecule has 1 unspecified atom stereocenters. The highest BCUT2D eigenvalue weighted by Gasteiger charge is 2.25. The molecule has 0 saturated carbocycles. The maximum atomic E-state index is 12.9. The number of nitrogens with zero attached hydrogens (tertiary/aromatic N) is 3. The second kappa shape index (κ2) is 8.55. The minimum atomic E-state index is -0.0215. The van der Waals surface area contributed by atoms with Crippen LogP contribution in [0.1, 0.15) is 16.8 Å². The third-order valence-electron chi connectivity index (χ3n) is 5.00. The molecule has 2 saturated heterocycles. The van der Waals surface area contributed by atoms with E-state index in [9.17, 15) is 4.79 Å². The Kier molecular flexibility index (Phi) is 5.90. The molecule has 6 nitrogen and oxygen atoms in total. The number of carbonyl (C=O) groups is 1. The topological polar surface area (TPSA) is 54.9 Å². The Balaban J connectivity index is 1.39. The Morgan fingerprint density at radius 2 is 2.00 bits per heavy atom. The summed E-state index contributed by atoms with van der Waals surface area (Å²) in [5.74, 6) is 0.442. The molecule has 3 heterocycles. The number of carbonyl (C=O) groups excluding carboxylic acids is 1. The summed E-state index contributed by atoms with van der Waals surface area (Å²) < 4.78 is 11.1. The van der Waals surface area contributed by atoms with Crippen LogP contribution in [0.15, 0.2) is 36.5 Å². The van der Waals surface area contributed by atoms with E-state index in [0.29, 0.717) is 60.9 Å². The molecule has 0 spiro atoms. The van der Waals surface area contributed by atoms with Crippen LogP contribution in [0.4, 0.5) is 5.69 Å². The van der Waals surface area contributed by atoms with Crippen LogP contribution < -0.4 is 9.64 Å². The van der Waals surface area contributed by atoms with Gasteiger partial charge < -0.3 is 19.3 Å². The van der Waals surface area contributed by atoms with E-state index in [1.54, 1.807) is 24.4 Å². The smallest absolute Gasteiger partial charge is 0.254 e. The molecule has 148 valence electrons. The molecule has 28 heavy (non-hydrogen) atoms. The number of rotatable bonds is 4. The van der Waals surface area contributed by atoms with Crippen molar-refractivity contribution in [1.82, 2.24) is 9.88 Å². The second-order valence-corrected chi connectivity index (χ2v) is 7.62. The first kappa shape index (κ1) is 19.3. The average Bonchev–Trinajstić information content (AvgIpc) is 3.23. The van der Waals surface area contributed by atoms with Crippen LogP contribution in [0.25, 0.3) is 0 Å². The summed E-state index contributed by atoms with van der Waals surface area (Å²) >= 11 is 12.4. The van der Waals surface area contributed by atoms with E-state index in [0.717, 1.165) is 12.1 Å². The number of hydrogen-bond acceptors (Lipinski definition) is 5. The number of amides is 1. The largest absolute Gasteiger partial charge is 0.472 e. The number of aromatic nitrogens is 1. The lowest BCUT2D eigenvalue weighted by Crippen LogP contribution is -2.48. The van der Waals surface area contributed by atoms with Gasteiger partial charge in [0.25, 0.3) is 5.91 Å². The molecule has 2 aliphatic rings. The van der Waals surface area contributed by atoms with Gasteiger partial charge in [0.2, 0.25) is 5.88 Å². The van der Waals surface area contributed by atoms with Crippen LogP contribution in [0, 0.1) is 0 Å². The Bertz CT molecular complexity index is 850. The van der Waals surface area contributed by atoms with E-state index in [-0.39, 0.29) is 12.0 Å². The molecule has 2 aromatic rings. The molecule has 1 aromatic heterocycles. The fourth-order valence-corrected chi connectivity index (χ4v) is 3.87. The van der Waals surface area contributed by atoms with Crippen molar-refractivity contribution >= 4 is 34.8 Å². The molecule has 2 aliphatic heterocycles. The van der Waals surface area contributed by atoms with Crippen molar-refractivity contribution < 1.29 is 14.3 Å². The maximum Gasteiger partial charge on any atom is 0.254 e. The fourth-order valence-electron chi connectivity index (χ4n) is 3.45. The van der Waals surface area contributed by atoms with Gasteiger partial charge in [-0.05, 0) is 18.2 Å². The van der Waals surface area contributed by atoms with Crippen LogP contribution in [0.2, 0.25) is 10.0 Å². The van der Waals surface area contributed by atoms with E-state index >= 15 is 0 Å². The highest BCUT2D eigenvalue weighted by molar-refractivity contribution is 6.43. The Morgan fingerprint density at radius 3 is 2.75 bits per heavy atom. The molecule has 0 aliphatic carbocycles. The lowest BCUT2D eigenvalue weighted by Gasteiger charge is -2.36. The van der Waals surface area contributed by atoms with Crippen molar-refractivity contribution in [2.75, 3.05) is 44.3 Å². The summed E-state index contributed by atoms with van der Waals surface area (Å²) in [6.07, 6.45) is 2.46. The number of pyridine rings is 1. The van der Waals surface area contributed by atoms with Crippen LogP contribution >= 0.6 is 23.2 Å². The van der Waals surface area contributed by atoms with Gasteiger partial charge in [-0.2, -0.15) is 0 Å². The second-order valence-electron chi connectivity index (χ2n) is 6.84. The van der Waals surface area contributed by atoms with Gasteiger partial charge >= 0.3 is 0 Å². The molecule has 1 atom stereocenters. The molecule has 2 fully saturated rings. The lowest BCUT2D eigenvalue weighted by molar-refractivity contribution is 0.0745. The van der Waals surface area contributed by atoms with Gasteiger partial charge in [0.1, 0.15) is 6.10 Å². The maximum absolute atomic E-state index is 12.9. The van der Waals surface area contributed by atoms with Gasteiger partial charge in [-0.3, -0.25) is 4.79 Å². The highest BCUT2D eigenvalue weighted by atomic mass is 35.5. The molecule has 0 N–H and O–H groups in total. The third-order valence-corrected chi connectivity index (χ3v) is 5.80. The summed E-state index contributed by atoms with van der Waals surface area (Å²) in [6, 6.07) is 9.04. The summed E-state index contributed by atoms with van der Waals surface area (Å²) in [7, 11) is 0. The quantitative estimate of drug-likeness (QED) is 0.755. The van der Waals surface area contributed by atoms with Crippen molar-refractivity contribution in [3.05, 3.63) is 52.1 Å². The van der Waals surface area contributed by atoms with Crippen LogP contribution in [0.5, 0.6) is 5.88 Å². The van der Waals surface area contributed by atoms with Crippen molar-refractivity contribution in [3.63, 3.8) is 0 Å². The monoisotopic (exact) mass is 421 g/mol. The molecule has 4 rings (SSSR count). The van der Waals surface area contributed by atoms with Crippen molar-refractivity contribution in [2.45, 2.75) is 12.5 Å². The zero-order valence-electron chi connectivity index (χ0n) is 15.3. The van der Waals surface area contributed by atoms with Crippen LogP contribution in [-0.2, 0) is 4.74 Å². The van der Waals surface area contributed by atoms with Gasteiger partial charge in [0.15, 0.2) is 0 Å². The average molecular weight is 422 g/mol. The van der Waals surface area contributed by atoms with Crippen molar-refractivity contribution in [3.8, 4) is 5.88 Å². The molecule has 1 aromatic carbocycles. The molecule has 0 radical (unpaired) electrons. The Labute approximate surface area is 173 Å². The minimum absolute atomic E-state index is 0.00356. The first-order valence-electron chi connectivity index (χ1n) is 9.30. The summed E-state index contributed by atoms with van der Waals surface area (Å²) in [5.41, 5.74) is 1.48. The van der Waals surface area contributed by atoms with Crippen molar-refractivity contribution in [2.24, 2.45) is 0 Å². The number of benzene rings is 1. The van der Waals surface area contributed by atoms with Gasteiger partial charge in [-0.1, -0.05) is 29.3 Å². The van der Waals surface area contributed by atoms with Gasteiger partial charge in [-0.25, -0.2) is 4.98 Å². The summed E-state index contributed by atoms with van der Waals surface area (Å²) in [6.45, 7) is 3.87. The van der Waals surface area contributed by atoms with E-state index in [1.807, 2.05) is 17.0 Å². The fraction of sp³-hybridized carbons (Fsp3) is 0.400. The minimum Gasteiger partial charge on any atom is -0.472 e. The first-order valence-corrected chi connectivity index (χ1v) is 10.1. The number of halogens is 2. The first-order chi connectivity index (χ1) is 13.6. The number of anilines is 1. The molecular weight excluding hydrogens is 401 g/mol. The molecule has 8 heteroatoms. The van der Waals surface area contributed by atoms with E-state index in [4.69, 9.17) is 32.7 Å². The summed E-state index contributed by atoms with van der Waals surface area (Å²) in [5, 5.41) is 1.09. The van der Waals surface area contributed by atoms with Crippen LogP contribution in [0.3, 0.4) is 0 Å². The van der Waals surface area contributed by atoms with Gasteiger partial charge in [-0.15, -0.1) is 0 Å². The standard InChI is InChI=1S/C20H21Cl2N3O3/c21-16-2-1-3-17(19(16)22)24-7-9-25(10-8-24)20(26)14-4-6-23-18(12-14)28-15-5-11-27-13-15/h1-4,6,12,15H,5,7-11,13H2. The van der Waals surface area contributed by atoms with E-state index < -0.39 is 0 Å². The Morgan fingerprint density at radius 1 is 1.18 bits per heavy atom. The summed E-state index contributed by atoms with van der Waals surface area (Å²) in [4.78, 5) is 21.1. The normalized spacial score (nSPS) is 19.7. The van der Waals surface area contributed by atoms with E-state index in [1.165, 1.54) is 0 Å². The van der Waals surface area contributed by atoms with Gasteiger partial charge in [0, 0.05) is 50.4 Å². The molecule has 1 amide bonds. The Hall–Kier alpha value is -2.02. The number of ether oxygens (including phenoxy) is 2. The van der Waals surface area contributed by atoms with Crippen LogP contribution in [-0.4, -0.2) is 61.3 Å². The zero-order chi connectivity index (χ0) is 19.5. The predicted octanol–water partition coefficient (Wildman–Crippen LogP) is 3.52.